The third kappa shape index (κ3) is 20.7. The molecule has 4 heterocycles. The Labute approximate surface area is 597 Å². The molecule has 6 atom stereocenters. The van der Waals surface area contributed by atoms with E-state index in [1.807, 2.05) is 36.4 Å². The number of nitrogens with one attached hydrogen (secondary N) is 2. The standard InChI is InChI=1S/2C35H41F2N3O4S.2C2HF3O2/c2*36-35(37,27-13-7-12-26(20-27)25-10-5-2-6-11-25)33(34(41)40-29-14-15-30(40)22-28(38)21-29)39-45(42,43)32-18-16-31(17-19-32)44-23-24-8-3-1-4-9-24;2*3-2(4,5)1(6)7/h2*2,5-7,10-13,16-20,24,28-30,33,39H,1,3-4,8-9,14-15,21-23,38H2;2*(H,6,7)/t2*28?,29?,30?,33-;;/m10../s1. The smallest absolute Gasteiger partial charge is 0.490 e. The van der Waals surface area contributed by atoms with E-state index >= 15 is 17.6 Å². The van der Waals surface area contributed by atoms with Gasteiger partial charge in [-0.15, -0.1) is 0 Å². The van der Waals surface area contributed by atoms with Crippen molar-refractivity contribution in [1.29, 1.82) is 0 Å². The molecule has 2 aliphatic carbocycles. The van der Waals surface area contributed by atoms with Gasteiger partial charge in [-0.3, -0.25) is 9.59 Å². The van der Waals surface area contributed by atoms with Gasteiger partial charge in [0.1, 0.15) is 11.5 Å². The molecule has 4 aliphatic heterocycles. The number of alkyl halides is 10. The number of sulfonamides is 2. The predicted molar refractivity (Wildman–Crippen MR) is 366 cm³/mol. The topological polar surface area (TPSA) is 278 Å². The van der Waals surface area contributed by atoms with Gasteiger partial charge in [-0.1, -0.05) is 136 Å². The molecule has 8 N–H and O–H groups in total. The largest absolute Gasteiger partial charge is 0.493 e. The van der Waals surface area contributed by atoms with Crippen LogP contribution in [0.15, 0.2) is 168 Å². The first-order chi connectivity index (χ1) is 49.1. The predicted octanol–water partition coefficient (Wildman–Crippen LogP) is 13.7. The van der Waals surface area contributed by atoms with Crippen LogP contribution in [0.25, 0.3) is 22.3 Å². The highest BCUT2D eigenvalue weighted by Crippen LogP contribution is 2.44. The maximum absolute atomic E-state index is 16.6. The zero-order valence-corrected chi connectivity index (χ0v) is 58.2. The second-order valence-electron chi connectivity index (χ2n) is 27.2. The number of fused-ring (bicyclic) bond motifs is 4. The summed E-state index contributed by atoms with van der Waals surface area (Å²) >= 11 is 0. The minimum Gasteiger partial charge on any atom is -0.493 e. The number of carboxylic acids is 2. The molecule has 4 bridgehead atoms. The number of hydrogen-bond donors (Lipinski definition) is 6. The van der Waals surface area contributed by atoms with Gasteiger partial charge in [0, 0.05) is 47.4 Å². The Morgan fingerprint density at radius 2 is 0.712 bits per heavy atom. The number of nitrogens with zero attached hydrogens (tertiary/aromatic N) is 2. The van der Waals surface area contributed by atoms with E-state index in [0.29, 0.717) is 99.0 Å². The number of carboxylic acid groups (broad SMARTS) is 2. The molecule has 104 heavy (non-hydrogen) atoms. The molecule has 4 saturated heterocycles. The highest BCUT2D eigenvalue weighted by atomic mass is 32.2. The molecular weight excluding hydrogens is 1420 g/mol. The van der Waals surface area contributed by atoms with E-state index in [9.17, 15) is 52.8 Å². The summed E-state index contributed by atoms with van der Waals surface area (Å²) in [6.07, 6.45) is 6.10. The molecule has 18 nitrogen and oxygen atoms in total. The van der Waals surface area contributed by atoms with Crippen LogP contribution in [0.4, 0.5) is 43.9 Å². The molecule has 0 radical (unpaired) electrons. The van der Waals surface area contributed by atoms with Gasteiger partial charge in [0.05, 0.1) is 23.0 Å². The maximum Gasteiger partial charge on any atom is 0.490 e. The Morgan fingerprint density at radius 1 is 0.423 bits per heavy atom. The number of hydrogen-bond acceptors (Lipinski definition) is 12. The van der Waals surface area contributed by atoms with Crippen molar-refractivity contribution >= 4 is 43.8 Å². The zero-order valence-electron chi connectivity index (χ0n) is 56.5. The Hall–Kier alpha value is -8.16. The minimum atomic E-state index is -5.08. The fraction of sp³-hybridized carbons (Fsp3) is 0.459. The van der Waals surface area contributed by atoms with Crippen molar-refractivity contribution < 1.29 is 99.6 Å². The van der Waals surface area contributed by atoms with Crippen LogP contribution in [0.2, 0.25) is 0 Å². The minimum absolute atomic E-state index is 0.122. The summed E-state index contributed by atoms with van der Waals surface area (Å²) in [7, 11) is -9.06. The van der Waals surface area contributed by atoms with Crippen LogP contribution < -0.4 is 30.4 Å². The van der Waals surface area contributed by atoms with E-state index in [4.69, 9.17) is 40.7 Å². The van der Waals surface area contributed by atoms with Crippen LogP contribution in [0.1, 0.15) is 127 Å². The second-order valence-corrected chi connectivity index (χ2v) is 30.6. The molecule has 4 unspecified atom stereocenters. The molecule has 6 aliphatic rings. The normalized spacial score (nSPS) is 21.5. The van der Waals surface area contributed by atoms with Crippen LogP contribution in [0.5, 0.6) is 11.5 Å². The summed E-state index contributed by atoms with van der Waals surface area (Å²) in [4.78, 5) is 48.5. The van der Waals surface area contributed by atoms with Crippen molar-refractivity contribution in [3.63, 3.8) is 0 Å². The van der Waals surface area contributed by atoms with Gasteiger partial charge >= 0.3 is 24.3 Å². The lowest BCUT2D eigenvalue weighted by Crippen LogP contribution is -2.60. The van der Waals surface area contributed by atoms with Crippen molar-refractivity contribution in [2.45, 2.75) is 198 Å². The Bertz CT molecular complexity index is 3810. The van der Waals surface area contributed by atoms with Gasteiger partial charge in [0.15, 0.2) is 12.1 Å². The third-order valence-corrected chi connectivity index (χ3v) is 22.6. The van der Waals surface area contributed by atoms with E-state index in [1.165, 1.54) is 133 Å². The molecule has 12 rings (SSSR count). The summed E-state index contributed by atoms with van der Waals surface area (Å²) in [5.74, 6) is -13.1. The summed E-state index contributed by atoms with van der Waals surface area (Å²) in [5.41, 5.74) is 14.0. The molecule has 6 aromatic carbocycles. The van der Waals surface area contributed by atoms with Crippen LogP contribution >= 0.6 is 0 Å². The van der Waals surface area contributed by atoms with Crippen LogP contribution in [0, 0.1) is 11.8 Å². The molecule has 30 heteroatoms. The number of halogens is 10. The average molecular weight is 1500 g/mol. The molecule has 0 aromatic heterocycles. The zero-order chi connectivity index (χ0) is 75.4. The van der Waals surface area contributed by atoms with Crippen molar-refractivity contribution in [1.82, 2.24) is 19.2 Å². The van der Waals surface area contributed by atoms with E-state index in [0.717, 1.165) is 36.8 Å². The third-order valence-electron chi connectivity index (χ3n) is 19.7. The maximum atomic E-state index is 16.6. The van der Waals surface area contributed by atoms with E-state index < -0.39 is 91.2 Å². The first-order valence-corrected chi connectivity index (χ1v) is 37.4. The number of piperidine rings is 2. The molecule has 564 valence electrons. The van der Waals surface area contributed by atoms with E-state index in [2.05, 4.69) is 9.44 Å². The van der Waals surface area contributed by atoms with Crippen LogP contribution in [-0.4, -0.2) is 135 Å². The molecule has 2 saturated carbocycles. The number of aliphatic carboxylic acids is 2. The molecule has 6 aromatic rings. The summed E-state index contributed by atoms with van der Waals surface area (Å²) in [6.45, 7) is 1.11. The number of rotatable bonds is 20. The average Bonchev–Trinajstić information content (AvgIpc) is 1.28. The van der Waals surface area contributed by atoms with Crippen molar-refractivity contribution in [2.24, 2.45) is 23.3 Å². The number of ether oxygens (including phenoxy) is 2. The quantitative estimate of drug-likeness (QED) is 0.0388. The van der Waals surface area contributed by atoms with Crippen molar-refractivity contribution in [3.8, 4) is 33.8 Å². The van der Waals surface area contributed by atoms with Gasteiger partial charge < -0.3 is 41.0 Å². The van der Waals surface area contributed by atoms with Gasteiger partial charge in [-0.25, -0.2) is 26.4 Å². The fourth-order valence-electron chi connectivity index (χ4n) is 14.4. The monoisotopic (exact) mass is 1500 g/mol. The van der Waals surface area contributed by atoms with Gasteiger partial charge in [0.2, 0.25) is 31.9 Å². The number of nitrogens with two attached hydrogens (primary N) is 2. The number of carbonyl (C=O) groups excluding carboxylic acids is 2. The molecule has 0 spiro atoms. The van der Waals surface area contributed by atoms with E-state index in [1.54, 1.807) is 36.4 Å². The summed E-state index contributed by atoms with van der Waals surface area (Å²) in [6, 6.07) is 34.9. The number of carbonyl (C=O) groups is 4. The fourth-order valence-corrected chi connectivity index (χ4v) is 16.8. The molecule has 2 amide bonds. The highest BCUT2D eigenvalue weighted by Gasteiger charge is 2.56. The van der Waals surface area contributed by atoms with Gasteiger partial charge in [-0.05, 0) is 172 Å². The van der Waals surface area contributed by atoms with Crippen LogP contribution in [-0.2, 0) is 51.1 Å². The lowest BCUT2D eigenvalue weighted by Gasteiger charge is -2.41. The highest BCUT2D eigenvalue weighted by molar-refractivity contribution is 7.89. The Balaban J connectivity index is 0.000000204. The van der Waals surface area contributed by atoms with E-state index in [-0.39, 0.29) is 46.0 Å². The van der Waals surface area contributed by atoms with Crippen LogP contribution in [0.3, 0.4) is 0 Å². The van der Waals surface area contributed by atoms with Crippen molar-refractivity contribution in [2.75, 3.05) is 13.2 Å². The number of benzene rings is 6. The first-order valence-electron chi connectivity index (χ1n) is 34.5. The Morgan fingerprint density at radius 3 is 1.00 bits per heavy atom. The second kappa shape index (κ2) is 34.4. The Kier molecular flexibility index (Phi) is 26.4. The molecule has 6 fully saturated rings. The number of amides is 2. The SMILES string of the molecule is NC1CC2CCC(C1)N2C(=O)[C@@H](NS(=O)(=O)c1ccc(OCC2CCCCC2)cc1)C(F)(F)c1cccc(-c2ccccc2)c1.NC1CC2CCC(C1)N2C(=O)[C@H](NS(=O)(=O)c1ccc(OCC2CCCCC2)cc1)C(F)(F)c1cccc(-c2ccccc2)c1.O=C(O)C(F)(F)F.O=C(O)C(F)(F)F. The lowest BCUT2D eigenvalue weighted by atomic mass is 9.90. The first kappa shape index (κ1) is 79.9. The van der Waals surface area contributed by atoms with Gasteiger partial charge in [0.25, 0.3) is 11.8 Å². The summed E-state index contributed by atoms with van der Waals surface area (Å²) in [5, 5.41) is 14.2. The summed E-state index contributed by atoms with van der Waals surface area (Å²) < 4.78 is 201. The lowest BCUT2D eigenvalue weighted by molar-refractivity contribution is -0.193. The molecular formula is C74H84F10N6O12S2. The van der Waals surface area contributed by atoms with Crippen molar-refractivity contribution in [3.05, 3.63) is 169 Å². The van der Waals surface area contributed by atoms with Gasteiger partial charge in [-0.2, -0.15) is 53.3 Å².